The van der Waals surface area contributed by atoms with Crippen LogP contribution in [0.1, 0.15) is 17.3 Å². The summed E-state index contributed by atoms with van der Waals surface area (Å²) >= 11 is 0. The lowest BCUT2D eigenvalue weighted by Crippen LogP contribution is -2.28. The molecule has 0 saturated heterocycles. The van der Waals surface area contributed by atoms with E-state index in [1.807, 2.05) is 7.05 Å². The van der Waals surface area contributed by atoms with Crippen LogP contribution in [0.3, 0.4) is 0 Å². The van der Waals surface area contributed by atoms with Crippen LogP contribution in [0, 0.1) is 0 Å². The number of aromatic nitrogens is 3. The first kappa shape index (κ1) is 15.3. The summed E-state index contributed by atoms with van der Waals surface area (Å²) in [5.41, 5.74) is 3.26. The van der Waals surface area contributed by atoms with E-state index >= 15 is 0 Å². The van der Waals surface area contributed by atoms with E-state index in [-0.39, 0.29) is 11.5 Å². The van der Waals surface area contributed by atoms with Crippen molar-refractivity contribution in [2.24, 2.45) is 7.05 Å². The van der Waals surface area contributed by atoms with Crippen LogP contribution in [0.25, 0.3) is 5.69 Å². The Morgan fingerprint density at radius 1 is 1.24 bits per heavy atom. The zero-order chi connectivity index (χ0) is 17.4. The molecule has 0 bridgehead atoms. The second-order valence-corrected chi connectivity index (χ2v) is 5.93. The van der Waals surface area contributed by atoms with Gasteiger partial charge < -0.3 is 5.32 Å². The molecule has 25 heavy (non-hydrogen) atoms. The van der Waals surface area contributed by atoms with Crippen molar-refractivity contribution in [2.75, 3.05) is 5.32 Å². The average Bonchev–Trinajstić information content (AvgIpc) is 3.19. The summed E-state index contributed by atoms with van der Waals surface area (Å²) in [4.78, 5) is 24.4. The maximum Gasteiger partial charge on any atom is 0.255 e. The van der Waals surface area contributed by atoms with Crippen LogP contribution in [0.4, 0.5) is 5.69 Å². The Kier molecular flexibility index (Phi) is 3.70. The van der Waals surface area contributed by atoms with Gasteiger partial charge >= 0.3 is 0 Å². The summed E-state index contributed by atoms with van der Waals surface area (Å²) in [7, 11) is 1.87. The Balaban J connectivity index is 1.51. The van der Waals surface area contributed by atoms with Gasteiger partial charge in [-0.1, -0.05) is 6.07 Å². The average molecular weight is 335 g/mol. The van der Waals surface area contributed by atoms with Crippen molar-refractivity contribution in [3.8, 4) is 5.69 Å². The Morgan fingerprint density at radius 2 is 2.04 bits per heavy atom. The molecule has 4 rings (SSSR count). The molecule has 7 nitrogen and oxygen atoms in total. The van der Waals surface area contributed by atoms with E-state index in [0.717, 1.165) is 16.9 Å². The Morgan fingerprint density at radius 3 is 2.80 bits per heavy atom. The van der Waals surface area contributed by atoms with Crippen LogP contribution < -0.4 is 16.2 Å². The quantitative estimate of drug-likeness (QED) is 0.757. The first-order valence-corrected chi connectivity index (χ1v) is 7.96. The molecule has 1 aromatic carbocycles. The first-order valence-electron chi connectivity index (χ1n) is 7.96. The standard InChI is InChI=1S/C18H17N5O2/c1-22-15-11-19-17(14(15)10-20-22)18(25)21-12-5-7-13(8-6-12)23-9-3-2-4-16(23)24/h2-10,17,19H,11H2,1H3,(H,21,25)/t17-/m1/s1. The Bertz CT molecular complexity index is 987. The zero-order valence-electron chi connectivity index (χ0n) is 13.6. The monoisotopic (exact) mass is 335 g/mol. The van der Waals surface area contributed by atoms with Gasteiger partial charge in [0.2, 0.25) is 5.91 Å². The lowest BCUT2D eigenvalue weighted by Gasteiger charge is -2.12. The number of carbonyl (C=O) groups excluding carboxylic acids is 1. The molecule has 1 amide bonds. The predicted molar refractivity (Wildman–Crippen MR) is 93.5 cm³/mol. The number of hydrogen-bond donors (Lipinski definition) is 2. The number of rotatable bonds is 3. The minimum absolute atomic E-state index is 0.0986. The van der Waals surface area contributed by atoms with Crippen molar-refractivity contribution in [3.63, 3.8) is 0 Å². The lowest BCUT2D eigenvalue weighted by molar-refractivity contribution is -0.118. The van der Waals surface area contributed by atoms with Gasteiger partial charge in [0.1, 0.15) is 6.04 Å². The van der Waals surface area contributed by atoms with Crippen molar-refractivity contribution >= 4 is 11.6 Å². The van der Waals surface area contributed by atoms with Gasteiger partial charge in [0.25, 0.3) is 5.56 Å². The minimum atomic E-state index is -0.403. The summed E-state index contributed by atoms with van der Waals surface area (Å²) in [6, 6.07) is 11.8. The third kappa shape index (κ3) is 2.74. The molecule has 0 radical (unpaired) electrons. The number of anilines is 1. The van der Waals surface area contributed by atoms with Crippen LogP contribution >= 0.6 is 0 Å². The van der Waals surface area contributed by atoms with Crippen LogP contribution in [0.2, 0.25) is 0 Å². The lowest BCUT2D eigenvalue weighted by atomic mass is 10.1. The molecule has 3 aromatic rings. The highest BCUT2D eigenvalue weighted by Crippen LogP contribution is 2.25. The molecular formula is C18H17N5O2. The molecule has 0 aliphatic carbocycles. The Hall–Kier alpha value is -3.19. The van der Waals surface area contributed by atoms with Crippen molar-refractivity contribution in [3.05, 3.63) is 76.5 Å². The third-order valence-electron chi connectivity index (χ3n) is 4.38. The number of nitrogens with one attached hydrogen (secondary N) is 2. The molecule has 2 N–H and O–H groups in total. The molecule has 1 aliphatic rings. The molecule has 1 atom stereocenters. The van der Waals surface area contributed by atoms with E-state index in [0.29, 0.717) is 12.2 Å². The molecule has 7 heteroatoms. The predicted octanol–water partition coefficient (Wildman–Crippen LogP) is 1.35. The molecule has 0 fully saturated rings. The minimum Gasteiger partial charge on any atom is -0.324 e. The van der Waals surface area contributed by atoms with Crippen LogP contribution in [-0.2, 0) is 18.4 Å². The topological polar surface area (TPSA) is 81.0 Å². The van der Waals surface area contributed by atoms with Gasteiger partial charge in [0.15, 0.2) is 0 Å². The summed E-state index contributed by atoms with van der Waals surface area (Å²) in [6.45, 7) is 0.625. The van der Waals surface area contributed by atoms with Crippen LogP contribution in [-0.4, -0.2) is 20.3 Å². The second-order valence-electron chi connectivity index (χ2n) is 5.93. The van der Waals surface area contributed by atoms with Gasteiger partial charge in [-0.3, -0.25) is 24.2 Å². The van der Waals surface area contributed by atoms with Crippen molar-refractivity contribution in [1.29, 1.82) is 0 Å². The van der Waals surface area contributed by atoms with Gasteiger partial charge in [0, 0.05) is 42.8 Å². The van der Waals surface area contributed by atoms with E-state index in [2.05, 4.69) is 15.7 Å². The first-order chi connectivity index (χ1) is 12.1. The van der Waals surface area contributed by atoms with E-state index in [4.69, 9.17) is 0 Å². The van der Waals surface area contributed by atoms with E-state index < -0.39 is 6.04 Å². The molecule has 0 unspecified atom stereocenters. The number of nitrogens with zero attached hydrogens (tertiary/aromatic N) is 3. The number of amides is 1. The van der Waals surface area contributed by atoms with Gasteiger partial charge in [-0.05, 0) is 30.3 Å². The second kappa shape index (κ2) is 6.03. The summed E-state index contributed by atoms with van der Waals surface area (Å²) < 4.78 is 3.33. The van der Waals surface area contributed by atoms with E-state index in [9.17, 15) is 9.59 Å². The molecule has 126 valence electrons. The normalized spacial score (nSPS) is 15.8. The third-order valence-corrected chi connectivity index (χ3v) is 4.38. The largest absolute Gasteiger partial charge is 0.324 e. The number of carbonyl (C=O) groups is 1. The van der Waals surface area contributed by atoms with Crippen LogP contribution in [0.15, 0.2) is 59.7 Å². The van der Waals surface area contributed by atoms with E-state index in [1.165, 1.54) is 6.07 Å². The summed E-state index contributed by atoms with van der Waals surface area (Å²) in [6.07, 6.45) is 3.44. The van der Waals surface area contributed by atoms with Gasteiger partial charge in [-0.25, -0.2) is 0 Å². The highest BCUT2D eigenvalue weighted by molar-refractivity contribution is 5.96. The van der Waals surface area contributed by atoms with Crippen LogP contribution in [0.5, 0.6) is 0 Å². The molecule has 1 aliphatic heterocycles. The highest BCUT2D eigenvalue weighted by atomic mass is 16.2. The van der Waals surface area contributed by atoms with Gasteiger partial charge in [-0.2, -0.15) is 5.10 Å². The maximum atomic E-state index is 12.5. The molecule has 2 aromatic heterocycles. The maximum absolute atomic E-state index is 12.5. The number of aryl methyl sites for hydroxylation is 1. The SMILES string of the molecule is Cn1ncc2c1CN[C@H]2C(=O)Nc1ccc(-n2ccccc2=O)cc1. The van der Waals surface area contributed by atoms with Gasteiger partial charge in [-0.15, -0.1) is 0 Å². The van der Waals surface area contributed by atoms with Crippen molar-refractivity contribution in [2.45, 2.75) is 12.6 Å². The summed E-state index contributed by atoms with van der Waals surface area (Å²) in [5, 5.41) is 10.3. The molecule has 3 heterocycles. The number of hydrogen-bond acceptors (Lipinski definition) is 4. The number of fused-ring (bicyclic) bond motifs is 1. The smallest absolute Gasteiger partial charge is 0.255 e. The number of benzene rings is 1. The zero-order valence-corrected chi connectivity index (χ0v) is 13.6. The summed E-state index contributed by atoms with van der Waals surface area (Å²) in [5.74, 6) is -0.128. The Labute approximate surface area is 143 Å². The fraction of sp³-hybridized carbons (Fsp3) is 0.167. The highest BCUT2D eigenvalue weighted by Gasteiger charge is 2.30. The molecule has 0 saturated carbocycles. The molecule has 0 spiro atoms. The molecular weight excluding hydrogens is 318 g/mol. The number of pyridine rings is 1. The van der Waals surface area contributed by atoms with Gasteiger partial charge in [0.05, 0.1) is 11.9 Å². The van der Waals surface area contributed by atoms with E-state index in [1.54, 1.807) is 58.0 Å². The van der Waals surface area contributed by atoms with Crippen molar-refractivity contribution in [1.82, 2.24) is 19.7 Å². The fourth-order valence-electron chi connectivity index (χ4n) is 3.04. The van der Waals surface area contributed by atoms with Crippen molar-refractivity contribution < 1.29 is 4.79 Å². The fourth-order valence-corrected chi connectivity index (χ4v) is 3.04.